The lowest BCUT2D eigenvalue weighted by molar-refractivity contribution is -0.385. The van der Waals surface area contributed by atoms with E-state index >= 15 is 0 Å². The first-order valence-electron chi connectivity index (χ1n) is 6.77. The number of ether oxygens (including phenoxy) is 1. The minimum absolute atomic E-state index is 0.0318. The van der Waals surface area contributed by atoms with Crippen LogP contribution in [0.5, 0.6) is 5.75 Å². The number of nitro groups is 1. The highest BCUT2D eigenvalue weighted by Crippen LogP contribution is 2.30. The van der Waals surface area contributed by atoms with Gasteiger partial charge in [0.15, 0.2) is 0 Å². The first-order valence-corrected chi connectivity index (χ1v) is 8.26. The van der Waals surface area contributed by atoms with E-state index in [-0.39, 0.29) is 17.0 Å². The zero-order valence-electron chi connectivity index (χ0n) is 13.2. The fourth-order valence-corrected chi connectivity index (χ4v) is 3.28. The summed E-state index contributed by atoms with van der Waals surface area (Å²) in [6.07, 6.45) is 0. The molecule has 0 aliphatic heterocycles. The molecule has 0 unspecified atom stereocenters. The summed E-state index contributed by atoms with van der Waals surface area (Å²) in [6.45, 7) is 3.12. The molecule has 1 N–H and O–H groups in total. The first-order chi connectivity index (χ1) is 11.2. The van der Waals surface area contributed by atoms with Crippen molar-refractivity contribution in [2.75, 3.05) is 11.8 Å². The molecule has 0 saturated carbocycles. The minimum atomic E-state index is -4.37. The van der Waals surface area contributed by atoms with E-state index < -0.39 is 31.3 Å². The molecule has 0 heterocycles. The van der Waals surface area contributed by atoms with Crippen LogP contribution in [-0.2, 0) is 10.0 Å². The van der Waals surface area contributed by atoms with Gasteiger partial charge in [-0.3, -0.25) is 14.8 Å². The number of nitrogens with zero attached hydrogens (tertiary/aromatic N) is 1. The highest BCUT2D eigenvalue weighted by Gasteiger charge is 2.25. The summed E-state index contributed by atoms with van der Waals surface area (Å²) < 4.78 is 46.2. The molecule has 0 fully saturated rings. The fourth-order valence-electron chi connectivity index (χ4n) is 2.13. The van der Waals surface area contributed by atoms with Crippen LogP contribution >= 0.6 is 0 Å². The second kappa shape index (κ2) is 6.44. The summed E-state index contributed by atoms with van der Waals surface area (Å²) in [5.41, 5.74) is 0.495. The number of nitrogens with one attached hydrogen (secondary N) is 1. The number of methoxy groups -OCH3 is 1. The summed E-state index contributed by atoms with van der Waals surface area (Å²) in [4.78, 5) is 9.39. The van der Waals surface area contributed by atoms with E-state index in [1.165, 1.54) is 20.1 Å². The van der Waals surface area contributed by atoms with Gasteiger partial charge >= 0.3 is 0 Å². The van der Waals surface area contributed by atoms with Crippen LogP contribution in [0.3, 0.4) is 0 Å². The fraction of sp³-hybridized carbons (Fsp3) is 0.200. The summed E-state index contributed by atoms with van der Waals surface area (Å²) in [7, 11) is -3.01. The zero-order chi connectivity index (χ0) is 18.1. The van der Waals surface area contributed by atoms with Gasteiger partial charge < -0.3 is 4.74 Å². The van der Waals surface area contributed by atoms with Crippen LogP contribution in [0.1, 0.15) is 11.1 Å². The molecule has 0 aliphatic rings. The quantitative estimate of drug-likeness (QED) is 0.657. The predicted molar refractivity (Wildman–Crippen MR) is 86.3 cm³/mol. The number of anilines is 1. The standard InChI is InChI=1S/C15H15FN2O5S/c1-9-4-5-12(14(6-9)23-3)17-24(21,22)15-8-13(18(19)20)10(2)7-11(15)16/h4-8,17H,1-3H3. The van der Waals surface area contributed by atoms with Gasteiger partial charge in [-0.15, -0.1) is 0 Å². The van der Waals surface area contributed by atoms with E-state index in [1.807, 2.05) is 0 Å². The van der Waals surface area contributed by atoms with Crippen LogP contribution in [0, 0.1) is 29.8 Å². The van der Waals surface area contributed by atoms with Crippen LogP contribution < -0.4 is 9.46 Å². The molecule has 0 bridgehead atoms. The summed E-state index contributed by atoms with van der Waals surface area (Å²) in [6, 6.07) is 6.24. The molecule has 128 valence electrons. The second-order valence-corrected chi connectivity index (χ2v) is 6.79. The van der Waals surface area contributed by atoms with Gasteiger partial charge in [0.05, 0.1) is 17.7 Å². The van der Waals surface area contributed by atoms with E-state index in [0.29, 0.717) is 6.07 Å². The highest BCUT2D eigenvalue weighted by molar-refractivity contribution is 7.92. The summed E-state index contributed by atoms with van der Waals surface area (Å²) in [5.74, 6) is -0.822. The van der Waals surface area contributed by atoms with Crippen LogP contribution in [0.25, 0.3) is 0 Å². The number of hydrogen-bond acceptors (Lipinski definition) is 5. The number of halogens is 1. The van der Waals surface area contributed by atoms with E-state index in [0.717, 1.165) is 11.6 Å². The predicted octanol–water partition coefficient (Wildman–Crippen LogP) is 3.16. The summed E-state index contributed by atoms with van der Waals surface area (Å²) >= 11 is 0. The van der Waals surface area contributed by atoms with E-state index in [4.69, 9.17) is 4.74 Å². The van der Waals surface area contributed by atoms with Crippen molar-refractivity contribution in [2.45, 2.75) is 18.7 Å². The Morgan fingerprint density at radius 2 is 1.88 bits per heavy atom. The van der Waals surface area contributed by atoms with Gasteiger partial charge in [0.2, 0.25) is 0 Å². The molecular formula is C15H15FN2O5S. The molecule has 2 rings (SSSR count). The Hall–Kier alpha value is -2.68. The molecule has 0 aromatic heterocycles. The number of sulfonamides is 1. The molecule has 0 aliphatic carbocycles. The van der Waals surface area contributed by atoms with Crippen molar-refractivity contribution in [1.82, 2.24) is 0 Å². The monoisotopic (exact) mass is 354 g/mol. The summed E-state index contributed by atoms with van der Waals surface area (Å²) in [5, 5.41) is 11.0. The molecule has 0 amide bonds. The van der Waals surface area contributed by atoms with Crippen molar-refractivity contribution in [1.29, 1.82) is 0 Å². The van der Waals surface area contributed by atoms with Gasteiger partial charge in [0.1, 0.15) is 16.5 Å². The Morgan fingerprint density at radius 3 is 2.46 bits per heavy atom. The molecule has 2 aromatic rings. The molecule has 9 heteroatoms. The lowest BCUT2D eigenvalue weighted by Gasteiger charge is -2.13. The molecule has 0 spiro atoms. The number of benzene rings is 2. The Morgan fingerprint density at radius 1 is 1.21 bits per heavy atom. The zero-order valence-corrected chi connectivity index (χ0v) is 14.0. The minimum Gasteiger partial charge on any atom is -0.495 e. The van der Waals surface area contributed by atoms with Crippen molar-refractivity contribution in [2.24, 2.45) is 0 Å². The van der Waals surface area contributed by atoms with Crippen LogP contribution in [0.15, 0.2) is 35.2 Å². The van der Waals surface area contributed by atoms with Crippen molar-refractivity contribution in [3.8, 4) is 5.75 Å². The maximum Gasteiger partial charge on any atom is 0.273 e. The number of aryl methyl sites for hydroxylation is 2. The second-order valence-electron chi connectivity index (χ2n) is 5.14. The Bertz CT molecular complexity index is 912. The topological polar surface area (TPSA) is 98.5 Å². The lowest BCUT2D eigenvalue weighted by Crippen LogP contribution is -2.16. The molecule has 7 nitrogen and oxygen atoms in total. The highest BCUT2D eigenvalue weighted by atomic mass is 32.2. The number of hydrogen-bond donors (Lipinski definition) is 1. The van der Waals surface area contributed by atoms with Crippen LogP contribution in [-0.4, -0.2) is 20.5 Å². The SMILES string of the molecule is COc1cc(C)ccc1NS(=O)(=O)c1cc([N+](=O)[O-])c(C)cc1F. The van der Waals surface area contributed by atoms with Gasteiger partial charge in [-0.05, 0) is 37.6 Å². The molecule has 0 atom stereocenters. The lowest BCUT2D eigenvalue weighted by atomic mass is 10.2. The van der Waals surface area contributed by atoms with Gasteiger partial charge in [0, 0.05) is 11.6 Å². The number of rotatable bonds is 5. The third kappa shape index (κ3) is 3.46. The van der Waals surface area contributed by atoms with Gasteiger partial charge in [-0.25, -0.2) is 12.8 Å². The van der Waals surface area contributed by atoms with Crippen molar-refractivity contribution >= 4 is 21.4 Å². The largest absolute Gasteiger partial charge is 0.495 e. The maximum absolute atomic E-state index is 14.1. The molecule has 24 heavy (non-hydrogen) atoms. The van der Waals surface area contributed by atoms with Crippen molar-refractivity contribution in [3.05, 3.63) is 57.4 Å². The number of nitro benzene ring substituents is 1. The van der Waals surface area contributed by atoms with Crippen molar-refractivity contribution < 1.29 is 22.5 Å². The van der Waals surface area contributed by atoms with E-state index in [1.54, 1.807) is 19.1 Å². The van der Waals surface area contributed by atoms with Gasteiger partial charge in [-0.1, -0.05) is 6.07 Å². The van der Waals surface area contributed by atoms with Crippen molar-refractivity contribution in [3.63, 3.8) is 0 Å². The molecule has 0 saturated heterocycles. The third-order valence-corrected chi connectivity index (χ3v) is 4.72. The Balaban J connectivity index is 2.52. The van der Waals surface area contributed by atoms with Crippen LogP contribution in [0.4, 0.5) is 15.8 Å². The normalized spacial score (nSPS) is 11.2. The molecule has 2 aromatic carbocycles. The van der Waals surface area contributed by atoms with Gasteiger partial charge in [0.25, 0.3) is 15.7 Å². The maximum atomic E-state index is 14.1. The Labute approximate surface area is 138 Å². The molecule has 0 radical (unpaired) electrons. The third-order valence-electron chi connectivity index (χ3n) is 3.34. The van der Waals surface area contributed by atoms with Gasteiger partial charge in [-0.2, -0.15) is 0 Å². The first kappa shape index (κ1) is 17.7. The molecular weight excluding hydrogens is 339 g/mol. The van der Waals surface area contributed by atoms with Crippen LogP contribution in [0.2, 0.25) is 0 Å². The van der Waals surface area contributed by atoms with E-state index in [9.17, 15) is 22.9 Å². The Kier molecular flexibility index (Phi) is 4.74. The average Bonchev–Trinajstić information content (AvgIpc) is 2.48. The average molecular weight is 354 g/mol. The smallest absolute Gasteiger partial charge is 0.273 e. The van der Waals surface area contributed by atoms with E-state index in [2.05, 4.69) is 4.72 Å².